The van der Waals surface area contributed by atoms with Crippen LogP contribution in [0.15, 0.2) is 46.9 Å². The van der Waals surface area contributed by atoms with Crippen LogP contribution in [0.3, 0.4) is 0 Å². The summed E-state index contributed by atoms with van der Waals surface area (Å²) in [5, 5.41) is 2.14. The molecule has 1 heterocycles. The van der Waals surface area contributed by atoms with Gasteiger partial charge in [-0.2, -0.15) is 0 Å². The van der Waals surface area contributed by atoms with E-state index >= 15 is 0 Å². The molecule has 2 aromatic carbocycles. The Balaban J connectivity index is 2.14. The Kier molecular flexibility index (Phi) is 3.96. The largest absolute Gasteiger partial charge is 0.463 e. The molecule has 3 aromatic rings. The molecule has 0 amide bonds. The molecular weight excluding hydrogens is 379 g/mol. The van der Waals surface area contributed by atoms with Gasteiger partial charge in [-0.15, -0.1) is 0 Å². The molecule has 3 nitrogen and oxygen atoms in total. The van der Waals surface area contributed by atoms with Gasteiger partial charge >= 0.3 is 5.97 Å². The molecule has 0 N–H and O–H groups in total. The van der Waals surface area contributed by atoms with Crippen LogP contribution < -0.4 is 0 Å². The lowest BCUT2D eigenvalue weighted by atomic mass is 10.1. The van der Waals surface area contributed by atoms with Gasteiger partial charge in [0.1, 0.15) is 11.2 Å². The third-order valence-corrected chi connectivity index (χ3v) is 4.04. The predicted molar refractivity (Wildman–Crippen MR) is 92.1 cm³/mol. The van der Waals surface area contributed by atoms with Gasteiger partial charge in [-0.05, 0) is 41.7 Å². The summed E-state index contributed by atoms with van der Waals surface area (Å²) >= 11 is 2.26. The van der Waals surface area contributed by atoms with Crippen molar-refractivity contribution in [3.8, 4) is 0 Å². The fraction of sp³-hybridized carbons (Fsp3) is 0.118. The van der Waals surface area contributed by atoms with Crippen LogP contribution in [-0.4, -0.2) is 12.6 Å². The second-order valence-electron chi connectivity index (χ2n) is 4.53. The van der Waals surface area contributed by atoms with Gasteiger partial charge in [0.15, 0.2) is 0 Å². The molecule has 106 valence electrons. The topological polar surface area (TPSA) is 39.4 Å². The van der Waals surface area contributed by atoms with E-state index in [1.807, 2.05) is 36.4 Å². The minimum Gasteiger partial charge on any atom is -0.463 e. The molecule has 0 bridgehead atoms. The summed E-state index contributed by atoms with van der Waals surface area (Å²) in [5.74, 6) is -0.347. The first-order chi connectivity index (χ1) is 10.2. The first kappa shape index (κ1) is 14.1. The summed E-state index contributed by atoms with van der Waals surface area (Å²) in [4.78, 5) is 11.4. The van der Waals surface area contributed by atoms with Gasteiger partial charge in [0.25, 0.3) is 0 Å². The molecule has 0 aliphatic carbocycles. The summed E-state index contributed by atoms with van der Waals surface area (Å²) in [6, 6.07) is 12.0. The minimum atomic E-state index is -0.347. The van der Waals surface area contributed by atoms with Crippen LogP contribution in [0, 0.1) is 3.57 Å². The smallest absolute Gasteiger partial charge is 0.330 e. The van der Waals surface area contributed by atoms with Gasteiger partial charge in [0.2, 0.25) is 0 Å². The van der Waals surface area contributed by atoms with Crippen molar-refractivity contribution < 1.29 is 13.9 Å². The molecule has 0 fully saturated rings. The number of furan rings is 1. The molecular formula is C17H13IO3. The van der Waals surface area contributed by atoms with Crippen molar-refractivity contribution in [3.63, 3.8) is 0 Å². The van der Waals surface area contributed by atoms with Gasteiger partial charge in [-0.25, -0.2) is 4.79 Å². The first-order valence-electron chi connectivity index (χ1n) is 6.65. The number of hydrogen-bond donors (Lipinski definition) is 0. The van der Waals surface area contributed by atoms with E-state index < -0.39 is 0 Å². The fourth-order valence-corrected chi connectivity index (χ4v) is 2.90. The highest BCUT2D eigenvalue weighted by Crippen LogP contribution is 2.33. The normalized spacial score (nSPS) is 11.5. The van der Waals surface area contributed by atoms with Crippen molar-refractivity contribution in [2.45, 2.75) is 6.92 Å². The fourth-order valence-electron chi connectivity index (χ4n) is 2.29. The zero-order chi connectivity index (χ0) is 14.8. The molecule has 4 heteroatoms. The van der Waals surface area contributed by atoms with Crippen LogP contribution in [0.2, 0.25) is 0 Å². The lowest BCUT2D eigenvalue weighted by Gasteiger charge is -1.96. The Morgan fingerprint density at radius 3 is 2.67 bits per heavy atom. The molecule has 0 saturated heterocycles. The molecule has 0 radical (unpaired) electrons. The van der Waals surface area contributed by atoms with E-state index in [2.05, 4.69) is 22.6 Å². The van der Waals surface area contributed by atoms with Crippen LogP contribution in [0.4, 0.5) is 0 Å². The molecule has 21 heavy (non-hydrogen) atoms. The number of ether oxygens (including phenoxy) is 1. The highest BCUT2D eigenvalue weighted by atomic mass is 127. The SMILES string of the molecule is CCOC(=O)/C=C/c1cccc2c1oc1c(I)cccc12. The van der Waals surface area contributed by atoms with E-state index in [-0.39, 0.29) is 5.97 Å². The zero-order valence-electron chi connectivity index (χ0n) is 11.4. The lowest BCUT2D eigenvalue weighted by molar-refractivity contribution is -0.137. The number of rotatable bonds is 3. The number of fused-ring (bicyclic) bond motifs is 3. The van der Waals surface area contributed by atoms with Gasteiger partial charge < -0.3 is 9.15 Å². The Morgan fingerprint density at radius 1 is 1.19 bits per heavy atom. The lowest BCUT2D eigenvalue weighted by Crippen LogP contribution is -1.98. The van der Waals surface area contributed by atoms with Crippen molar-refractivity contribution in [1.29, 1.82) is 0 Å². The van der Waals surface area contributed by atoms with Gasteiger partial charge in [0, 0.05) is 22.4 Å². The number of hydrogen-bond acceptors (Lipinski definition) is 3. The first-order valence-corrected chi connectivity index (χ1v) is 7.73. The van der Waals surface area contributed by atoms with Crippen molar-refractivity contribution >= 4 is 56.6 Å². The Morgan fingerprint density at radius 2 is 1.90 bits per heavy atom. The average molecular weight is 392 g/mol. The van der Waals surface area contributed by atoms with E-state index in [1.54, 1.807) is 13.0 Å². The number of esters is 1. The molecule has 0 aliphatic rings. The van der Waals surface area contributed by atoms with Gasteiger partial charge in [-0.3, -0.25) is 0 Å². The van der Waals surface area contributed by atoms with Crippen LogP contribution in [-0.2, 0) is 9.53 Å². The maximum Gasteiger partial charge on any atom is 0.330 e. The molecule has 1 aromatic heterocycles. The predicted octanol–water partition coefficient (Wildman–Crippen LogP) is 4.77. The molecule has 3 rings (SSSR count). The monoisotopic (exact) mass is 392 g/mol. The van der Waals surface area contributed by atoms with Crippen molar-refractivity contribution in [2.75, 3.05) is 6.61 Å². The standard InChI is InChI=1S/C17H13IO3/c1-2-20-15(19)10-9-11-5-3-6-12-13-7-4-8-14(18)17(13)21-16(11)12/h3-10H,2H2,1H3/b10-9+. The number of carbonyl (C=O) groups excluding carboxylic acids is 1. The highest BCUT2D eigenvalue weighted by molar-refractivity contribution is 14.1. The van der Waals surface area contributed by atoms with Crippen LogP contribution in [0.1, 0.15) is 12.5 Å². The number of halogens is 1. The van der Waals surface area contributed by atoms with Crippen molar-refractivity contribution in [2.24, 2.45) is 0 Å². The third-order valence-electron chi connectivity index (χ3n) is 3.19. The van der Waals surface area contributed by atoms with Crippen LogP contribution >= 0.6 is 22.6 Å². The second-order valence-corrected chi connectivity index (χ2v) is 5.69. The number of para-hydroxylation sites is 2. The Bertz CT molecular complexity index is 846. The highest BCUT2D eigenvalue weighted by Gasteiger charge is 2.11. The summed E-state index contributed by atoms with van der Waals surface area (Å²) in [6.07, 6.45) is 3.16. The van der Waals surface area contributed by atoms with E-state index in [1.165, 1.54) is 6.08 Å². The molecule has 0 unspecified atom stereocenters. The summed E-state index contributed by atoms with van der Waals surface area (Å²) in [5.41, 5.74) is 2.54. The maximum atomic E-state index is 11.4. The van der Waals surface area contributed by atoms with E-state index in [0.29, 0.717) is 6.61 Å². The number of benzene rings is 2. The quantitative estimate of drug-likeness (QED) is 0.366. The van der Waals surface area contributed by atoms with Crippen LogP contribution in [0.5, 0.6) is 0 Å². The molecule has 0 spiro atoms. The molecule has 0 atom stereocenters. The second kappa shape index (κ2) is 5.89. The summed E-state index contributed by atoms with van der Waals surface area (Å²) in [6.45, 7) is 2.16. The molecule has 0 aliphatic heterocycles. The van der Waals surface area contributed by atoms with E-state index in [0.717, 1.165) is 31.1 Å². The van der Waals surface area contributed by atoms with Gasteiger partial charge in [-0.1, -0.05) is 30.3 Å². The Labute approximate surface area is 135 Å². The number of carbonyl (C=O) groups is 1. The van der Waals surface area contributed by atoms with Crippen molar-refractivity contribution in [3.05, 3.63) is 51.6 Å². The summed E-state index contributed by atoms with van der Waals surface area (Å²) in [7, 11) is 0. The van der Waals surface area contributed by atoms with Crippen LogP contribution in [0.25, 0.3) is 28.0 Å². The minimum absolute atomic E-state index is 0.347. The average Bonchev–Trinajstić information content (AvgIpc) is 2.86. The Hall–Kier alpha value is -1.82. The van der Waals surface area contributed by atoms with E-state index in [9.17, 15) is 4.79 Å². The van der Waals surface area contributed by atoms with Gasteiger partial charge in [0.05, 0.1) is 10.2 Å². The zero-order valence-corrected chi connectivity index (χ0v) is 13.6. The van der Waals surface area contributed by atoms with E-state index in [4.69, 9.17) is 9.15 Å². The van der Waals surface area contributed by atoms with Crippen molar-refractivity contribution in [1.82, 2.24) is 0 Å². The maximum absolute atomic E-state index is 11.4. The summed E-state index contributed by atoms with van der Waals surface area (Å²) < 4.78 is 12.0. The molecule has 0 saturated carbocycles. The third kappa shape index (κ3) is 2.68.